The molecule has 0 atom stereocenters. The number of piperidine rings is 1. The molecule has 1 amide bonds. The van der Waals surface area contributed by atoms with Crippen LogP contribution in [0.4, 0.5) is 0 Å². The molecule has 0 bridgehead atoms. The van der Waals surface area contributed by atoms with Gasteiger partial charge in [-0.3, -0.25) is 4.79 Å². The van der Waals surface area contributed by atoms with E-state index in [4.69, 9.17) is 21.1 Å². The summed E-state index contributed by atoms with van der Waals surface area (Å²) in [7, 11) is 3.36. The van der Waals surface area contributed by atoms with Gasteiger partial charge in [-0.05, 0) is 43.0 Å². The lowest BCUT2D eigenvalue weighted by molar-refractivity contribution is 0.0714. The summed E-state index contributed by atoms with van der Waals surface area (Å²) >= 11 is 6.04. The van der Waals surface area contributed by atoms with Gasteiger partial charge < -0.3 is 19.4 Å². The number of carbonyl (C=O) groups is 1. The van der Waals surface area contributed by atoms with Crippen molar-refractivity contribution in [1.82, 2.24) is 9.88 Å². The highest BCUT2D eigenvalue weighted by Gasteiger charge is 2.29. The number of nitrogens with zero attached hydrogens (tertiary/aromatic N) is 1. The van der Waals surface area contributed by atoms with E-state index in [1.165, 1.54) is 0 Å². The minimum absolute atomic E-state index is 0.0546. The third-order valence-electron chi connectivity index (χ3n) is 5.53. The summed E-state index contributed by atoms with van der Waals surface area (Å²) in [5, 5.41) is 1.56. The van der Waals surface area contributed by atoms with Gasteiger partial charge in [0.05, 0.1) is 19.8 Å². The highest BCUT2D eigenvalue weighted by molar-refractivity contribution is 6.31. The summed E-state index contributed by atoms with van der Waals surface area (Å²) in [4.78, 5) is 18.1. The number of hydrogen-bond donors (Lipinski definition) is 1. The van der Waals surface area contributed by atoms with Gasteiger partial charge in [-0.2, -0.15) is 0 Å². The molecule has 0 saturated carbocycles. The third kappa shape index (κ3) is 3.31. The van der Waals surface area contributed by atoms with Gasteiger partial charge in [0.15, 0.2) is 0 Å². The molecule has 0 aliphatic carbocycles. The quantitative estimate of drug-likeness (QED) is 0.682. The van der Waals surface area contributed by atoms with Crippen LogP contribution < -0.4 is 9.47 Å². The van der Waals surface area contributed by atoms with Crippen molar-refractivity contribution in [3.05, 3.63) is 58.7 Å². The first-order chi connectivity index (χ1) is 13.6. The smallest absolute Gasteiger partial charge is 0.256 e. The van der Waals surface area contributed by atoms with E-state index in [9.17, 15) is 4.79 Å². The van der Waals surface area contributed by atoms with Crippen LogP contribution in [0.1, 0.15) is 34.7 Å². The predicted octanol–water partition coefficient (Wildman–Crippen LogP) is 4.86. The monoisotopic (exact) mass is 398 g/mol. The van der Waals surface area contributed by atoms with Crippen molar-refractivity contribution in [2.45, 2.75) is 18.8 Å². The predicted molar refractivity (Wildman–Crippen MR) is 111 cm³/mol. The van der Waals surface area contributed by atoms with Gasteiger partial charge in [0.2, 0.25) is 0 Å². The summed E-state index contributed by atoms with van der Waals surface area (Å²) in [5.41, 5.74) is 2.67. The molecule has 0 unspecified atom stereocenters. The topological polar surface area (TPSA) is 54.6 Å². The van der Waals surface area contributed by atoms with Crippen LogP contribution in [0.25, 0.3) is 10.9 Å². The zero-order chi connectivity index (χ0) is 19.7. The molecule has 1 saturated heterocycles. The Morgan fingerprint density at radius 2 is 1.79 bits per heavy atom. The highest BCUT2D eigenvalue weighted by Crippen LogP contribution is 2.40. The normalized spacial score (nSPS) is 15.0. The average Bonchev–Trinajstić information content (AvgIpc) is 3.15. The van der Waals surface area contributed by atoms with E-state index in [-0.39, 0.29) is 5.91 Å². The molecule has 146 valence electrons. The molecule has 1 N–H and O–H groups in total. The minimum atomic E-state index is 0.0546. The van der Waals surface area contributed by atoms with Gasteiger partial charge in [-0.25, -0.2) is 0 Å². The van der Waals surface area contributed by atoms with E-state index in [0.717, 1.165) is 40.8 Å². The Morgan fingerprint density at radius 1 is 1.11 bits per heavy atom. The number of amides is 1. The van der Waals surface area contributed by atoms with Crippen LogP contribution in [-0.2, 0) is 0 Å². The van der Waals surface area contributed by atoms with Crippen molar-refractivity contribution in [3.8, 4) is 11.5 Å². The van der Waals surface area contributed by atoms with Gasteiger partial charge in [0.25, 0.3) is 5.91 Å². The molecule has 1 aromatic heterocycles. The number of H-pyrrole nitrogens is 1. The fraction of sp³-hybridized carbons (Fsp3) is 0.318. The van der Waals surface area contributed by atoms with Crippen LogP contribution in [-0.4, -0.2) is 43.1 Å². The van der Waals surface area contributed by atoms with Gasteiger partial charge in [0.1, 0.15) is 11.5 Å². The van der Waals surface area contributed by atoms with Crippen LogP contribution >= 0.6 is 11.6 Å². The standard InChI is InChI=1S/C22H23ClN2O3/c1-27-19-4-3-5-20(28-2)21(19)14-8-10-25(11-9-14)22(26)17-13-24-18-12-15(23)6-7-16(17)18/h3-7,12-14,24H,8-11H2,1-2H3. The summed E-state index contributed by atoms with van der Waals surface area (Å²) in [6.45, 7) is 1.40. The number of methoxy groups -OCH3 is 2. The lowest BCUT2D eigenvalue weighted by Gasteiger charge is -2.33. The number of rotatable bonds is 4. The van der Waals surface area contributed by atoms with Gasteiger partial charge in [-0.1, -0.05) is 23.7 Å². The molecule has 3 aromatic rings. The zero-order valence-electron chi connectivity index (χ0n) is 16.0. The van der Waals surface area contributed by atoms with Gasteiger partial charge in [0, 0.05) is 40.8 Å². The molecule has 4 rings (SSSR count). The molecule has 0 radical (unpaired) electrons. The Morgan fingerprint density at radius 3 is 2.43 bits per heavy atom. The van der Waals surface area contributed by atoms with E-state index >= 15 is 0 Å². The Bertz CT molecular complexity index is 984. The number of likely N-dealkylation sites (tertiary alicyclic amines) is 1. The second kappa shape index (κ2) is 7.76. The SMILES string of the molecule is COc1cccc(OC)c1C1CCN(C(=O)c2c[nH]c3cc(Cl)ccc23)CC1. The third-order valence-corrected chi connectivity index (χ3v) is 5.77. The number of aromatic amines is 1. The maximum atomic E-state index is 13.1. The van der Waals surface area contributed by atoms with Crippen LogP contribution in [0, 0.1) is 0 Å². The van der Waals surface area contributed by atoms with E-state index in [0.29, 0.717) is 29.6 Å². The molecule has 2 heterocycles. The van der Waals surface area contributed by atoms with Crippen molar-refractivity contribution in [2.24, 2.45) is 0 Å². The number of halogens is 1. The molecule has 1 aliphatic heterocycles. The first-order valence-electron chi connectivity index (χ1n) is 9.39. The number of nitrogens with one attached hydrogen (secondary N) is 1. The summed E-state index contributed by atoms with van der Waals surface area (Å²) in [6.07, 6.45) is 3.52. The Labute approximate surface area is 169 Å². The number of carbonyl (C=O) groups excluding carboxylic acids is 1. The number of aromatic nitrogens is 1. The lowest BCUT2D eigenvalue weighted by Crippen LogP contribution is -2.38. The Kier molecular flexibility index (Phi) is 5.18. The first kappa shape index (κ1) is 18.7. The van der Waals surface area contributed by atoms with Crippen molar-refractivity contribution in [2.75, 3.05) is 27.3 Å². The second-order valence-corrected chi connectivity index (χ2v) is 7.47. The molecule has 28 heavy (non-hydrogen) atoms. The number of fused-ring (bicyclic) bond motifs is 1. The van der Waals surface area contributed by atoms with Crippen LogP contribution in [0.3, 0.4) is 0 Å². The zero-order valence-corrected chi connectivity index (χ0v) is 16.8. The molecule has 6 heteroatoms. The van der Waals surface area contributed by atoms with Crippen molar-refractivity contribution < 1.29 is 14.3 Å². The van der Waals surface area contributed by atoms with Crippen molar-refractivity contribution in [1.29, 1.82) is 0 Å². The number of benzene rings is 2. The van der Waals surface area contributed by atoms with Gasteiger partial charge >= 0.3 is 0 Å². The van der Waals surface area contributed by atoms with E-state index < -0.39 is 0 Å². The fourth-order valence-corrected chi connectivity index (χ4v) is 4.27. The molecular formula is C22H23ClN2O3. The lowest BCUT2D eigenvalue weighted by atomic mass is 9.88. The first-order valence-corrected chi connectivity index (χ1v) is 9.77. The van der Waals surface area contributed by atoms with Crippen LogP contribution in [0.15, 0.2) is 42.6 Å². The number of hydrogen-bond acceptors (Lipinski definition) is 3. The molecular weight excluding hydrogens is 376 g/mol. The second-order valence-electron chi connectivity index (χ2n) is 7.03. The fourth-order valence-electron chi connectivity index (χ4n) is 4.10. The number of ether oxygens (including phenoxy) is 2. The Balaban J connectivity index is 1.52. The summed E-state index contributed by atoms with van der Waals surface area (Å²) in [5.74, 6) is 2.05. The maximum absolute atomic E-state index is 13.1. The maximum Gasteiger partial charge on any atom is 0.256 e. The van der Waals surface area contributed by atoms with E-state index in [2.05, 4.69) is 4.98 Å². The molecule has 2 aromatic carbocycles. The molecule has 0 spiro atoms. The molecule has 5 nitrogen and oxygen atoms in total. The van der Waals surface area contributed by atoms with E-state index in [1.54, 1.807) is 20.4 Å². The largest absolute Gasteiger partial charge is 0.496 e. The molecule has 1 aliphatic rings. The minimum Gasteiger partial charge on any atom is -0.496 e. The summed E-state index contributed by atoms with van der Waals surface area (Å²) in [6, 6.07) is 11.4. The average molecular weight is 399 g/mol. The van der Waals surface area contributed by atoms with Crippen molar-refractivity contribution >= 4 is 28.4 Å². The van der Waals surface area contributed by atoms with E-state index in [1.807, 2.05) is 41.3 Å². The summed E-state index contributed by atoms with van der Waals surface area (Å²) < 4.78 is 11.1. The van der Waals surface area contributed by atoms with Crippen LogP contribution in [0.2, 0.25) is 5.02 Å². The Hall–Kier alpha value is -2.66. The van der Waals surface area contributed by atoms with Gasteiger partial charge in [-0.15, -0.1) is 0 Å². The van der Waals surface area contributed by atoms with Crippen molar-refractivity contribution in [3.63, 3.8) is 0 Å². The highest BCUT2D eigenvalue weighted by atomic mass is 35.5. The van der Waals surface area contributed by atoms with Crippen LogP contribution in [0.5, 0.6) is 11.5 Å². The molecule has 1 fully saturated rings.